The highest BCUT2D eigenvalue weighted by atomic mass is 19.4. The monoisotopic (exact) mass is 296 g/mol. The van der Waals surface area contributed by atoms with E-state index < -0.39 is 17.6 Å². The second-order valence-corrected chi connectivity index (χ2v) is 5.00. The van der Waals surface area contributed by atoms with Gasteiger partial charge >= 0.3 is 6.18 Å². The number of fused-ring (bicyclic) bond motifs is 1. The zero-order valence-corrected chi connectivity index (χ0v) is 10.9. The van der Waals surface area contributed by atoms with Gasteiger partial charge in [-0.25, -0.2) is 4.39 Å². The number of rotatable bonds is 1. The Morgan fingerprint density at radius 2 is 1.81 bits per heavy atom. The summed E-state index contributed by atoms with van der Waals surface area (Å²) in [5, 5.41) is 0. The number of nitrogens with two attached hydrogens (primary N) is 1. The van der Waals surface area contributed by atoms with Crippen LogP contribution in [0, 0.1) is 5.82 Å². The number of nitrogens with zero attached hydrogens (tertiary/aromatic N) is 1. The van der Waals surface area contributed by atoms with E-state index in [2.05, 4.69) is 0 Å². The maximum absolute atomic E-state index is 13.3. The minimum Gasteiger partial charge on any atom is -0.398 e. The highest BCUT2D eigenvalue weighted by molar-refractivity contribution is 5.60. The predicted octanol–water partition coefficient (Wildman–Crippen LogP) is 3.95. The third-order valence-corrected chi connectivity index (χ3v) is 3.64. The minimum atomic E-state index is -4.70. The number of alkyl halides is 3. The van der Waals surface area contributed by atoms with E-state index >= 15 is 0 Å². The lowest BCUT2D eigenvalue weighted by Gasteiger charge is -2.19. The Bertz CT molecular complexity index is 695. The van der Waals surface area contributed by atoms with Gasteiger partial charge in [0.25, 0.3) is 0 Å². The van der Waals surface area contributed by atoms with Gasteiger partial charge < -0.3 is 10.6 Å². The Kier molecular flexibility index (Phi) is 3.04. The molecular formula is C15H12F4N2. The summed E-state index contributed by atoms with van der Waals surface area (Å²) in [5.74, 6) is -1.26. The van der Waals surface area contributed by atoms with Crippen LogP contribution in [0.1, 0.15) is 16.7 Å². The van der Waals surface area contributed by atoms with E-state index in [1.807, 2.05) is 12.1 Å². The third kappa shape index (κ3) is 2.41. The molecule has 1 aliphatic rings. The van der Waals surface area contributed by atoms with Crippen LogP contribution in [0.2, 0.25) is 0 Å². The molecule has 1 heterocycles. The first-order valence-electron chi connectivity index (χ1n) is 6.34. The van der Waals surface area contributed by atoms with E-state index in [0.717, 1.165) is 23.3 Å². The number of benzene rings is 2. The van der Waals surface area contributed by atoms with Gasteiger partial charge in [0.1, 0.15) is 5.82 Å². The van der Waals surface area contributed by atoms with Gasteiger partial charge in [-0.1, -0.05) is 12.1 Å². The quantitative estimate of drug-likeness (QED) is 0.638. The topological polar surface area (TPSA) is 29.3 Å². The highest BCUT2D eigenvalue weighted by Gasteiger charge is 2.35. The summed E-state index contributed by atoms with van der Waals surface area (Å²) in [4.78, 5) is 1.75. The van der Waals surface area contributed by atoms with Gasteiger partial charge in [0.2, 0.25) is 0 Å². The Morgan fingerprint density at radius 3 is 2.48 bits per heavy atom. The van der Waals surface area contributed by atoms with Crippen molar-refractivity contribution < 1.29 is 17.6 Å². The molecule has 0 unspecified atom stereocenters. The molecule has 2 aromatic carbocycles. The second kappa shape index (κ2) is 4.65. The van der Waals surface area contributed by atoms with E-state index in [4.69, 9.17) is 5.73 Å². The summed E-state index contributed by atoms with van der Waals surface area (Å²) in [6.45, 7) is 0.883. The minimum absolute atomic E-state index is 0.333. The van der Waals surface area contributed by atoms with Crippen LogP contribution < -0.4 is 10.6 Å². The number of halogens is 4. The second-order valence-electron chi connectivity index (χ2n) is 5.00. The summed E-state index contributed by atoms with van der Waals surface area (Å²) >= 11 is 0. The Balaban J connectivity index is 1.96. The molecule has 0 aliphatic carbocycles. The van der Waals surface area contributed by atoms with Crippen LogP contribution in [-0.2, 0) is 19.3 Å². The Hall–Kier alpha value is -2.24. The number of nitrogen functional groups attached to an aromatic ring is 1. The summed E-state index contributed by atoms with van der Waals surface area (Å²) in [5.41, 5.74) is 7.47. The Morgan fingerprint density at radius 1 is 1.05 bits per heavy atom. The van der Waals surface area contributed by atoms with Gasteiger partial charge in [-0.3, -0.25) is 0 Å². The van der Waals surface area contributed by atoms with Crippen molar-refractivity contribution in [2.24, 2.45) is 0 Å². The average molecular weight is 296 g/mol. The van der Waals surface area contributed by atoms with Gasteiger partial charge in [0.15, 0.2) is 0 Å². The smallest absolute Gasteiger partial charge is 0.398 e. The number of hydrogen-bond donors (Lipinski definition) is 1. The third-order valence-electron chi connectivity index (χ3n) is 3.64. The largest absolute Gasteiger partial charge is 0.419 e. The van der Waals surface area contributed by atoms with Crippen molar-refractivity contribution in [1.82, 2.24) is 0 Å². The van der Waals surface area contributed by atoms with Crippen molar-refractivity contribution in [1.29, 1.82) is 0 Å². The van der Waals surface area contributed by atoms with Crippen LogP contribution in [0.5, 0.6) is 0 Å². The number of hydrogen-bond acceptors (Lipinski definition) is 2. The first-order chi connectivity index (χ1) is 9.86. The van der Waals surface area contributed by atoms with Gasteiger partial charge in [-0.2, -0.15) is 13.2 Å². The Labute approximate surface area is 118 Å². The lowest BCUT2D eigenvalue weighted by Crippen LogP contribution is -2.16. The van der Waals surface area contributed by atoms with Crippen LogP contribution in [0.15, 0.2) is 36.4 Å². The molecule has 0 radical (unpaired) electrons. The van der Waals surface area contributed by atoms with Gasteiger partial charge in [0, 0.05) is 24.5 Å². The molecular weight excluding hydrogens is 284 g/mol. The molecule has 6 heteroatoms. The van der Waals surface area contributed by atoms with Crippen molar-refractivity contribution in [3.8, 4) is 0 Å². The van der Waals surface area contributed by atoms with Crippen molar-refractivity contribution >= 4 is 11.4 Å². The summed E-state index contributed by atoms with van der Waals surface area (Å²) in [7, 11) is 0. The molecule has 0 atom stereocenters. The molecule has 21 heavy (non-hydrogen) atoms. The lowest BCUT2D eigenvalue weighted by atomic mass is 10.1. The van der Waals surface area contributed by atoms with Gasteiger partial charge in [0.05, 0.1) is 5.56 Å². The zero-order chi connectivity index (χ0) is 15.2. The first-order valence-corrected chi connectivity index (χ1v) is 6.34. The average Bonchev–Trinajstić information content (AvgIpc) is 2.83. The molecule has 0 bridgehead atoms. The van der Waals surface area contributed by atoms with Crippen LogP contribution >= 0.6 is 0 Å². The molecule has 2 nitrogen and oxygen atoms in total. The molecule has 1 aliphatic heterocycles. The van der Waals surface area contributed by atoms with Gasteiger partial charge in [-0.15, -0.1) is 0 Å². The summed E-state index contributed by atoms with van der Waals surface area (Å²) < 4.78 is 51.6. The standard InChI is InChI=1S/C15H12F4N2/c16-13-5-4-10(6-12(13)15(17,18)19)21-7-9-2-1-3-14(20)11(9)8-21/h1-6H,7-8,20H2. The maximum atomic E-state index is 13.3. The first kappa shape index (κ1) is 13.7. The van der Waals surface area contributed by atoms with Crippen LogP contribution in [0.3, 0.4) is 0 Å². The highest BCUT2D eigenvalue weighted by Crippen LogP contribution is 2.36. The lowest BCUT2D eigenvalue weighted by molar-refractivity contribution is -0.139. The van der Waals surface area contributed by atoms with E-state index in [-0.39, 0.29) is 0 Å². The summed E-state index contributed by atoms with van der Waals surface area (Å²) in [6, 6.07) is 8.51. The van der Waals surface area contributed by atoms with E-state index in [0.29, 0.717) is 24.5 Å². The van der Waals surface area contributed by atoms with Crippen LogP contribution in [-0.4, -0.2) is 0 Å². The molecule has 0 amide bonds. The van der Waals surface area contributed by atoms with Crippen molar-refractivity contribution in [2.75, 3.05) is 10.6 Å². The fraction of sp³-hybridized carbons (Fsp3) is 0.200. The molecule has 2 N–H and O–H groups in total. The van der Waals surface area contributed by atoms with E-state index in [1.165, 1.54) is 6.07 Å². The van der Waals surface area contributed by atoms with Crippen LogP contribution in [0.25, 0.3) is 0 Å². The SMILES string of the molecule is Nc1cccc2c1CN(c1ccc(F)c(C(F)(F)F)c1)C2. The fourth-order valence-electron chi connectivity index (χ4n) is 2.56. The van der Waals surface area contributed by atoms with Crippen molar-refractivity contribution in [3.63, 3.8) is 0 Å². The van der Waals surface area contributed by atoms with Crippen LogP contribution in [0.4, 0.5) is 28.9 Å². The maximum Gasteiger partial charge on any atom is 0.419 e. The number of anilines is 2. The molecule has 0 spiro atoms. The van der Waals surface area contributed by atoms with Crippen molar-refractivity contribution in [2.45, 2.75) is 19.3 Å². The molecule has 0 saturated heterocycles. The molecule has 3 rings (SSSR count). The molecule has 2 aromatic rings. The molecule has 0 fully saturated rings. The summed E-state index contributed by atoms with van der Waals surface area (Å²) in [6.07, 6.45) is -4.70. The van der Waals surface area contributed by atoms with Gasteiger partial charge in [-0.05, 0) is 35.4 Å². The normalized spacial score (nSPS) is 14.4. The van der Waals surface area contributed by atoms with E-state index in [1.54, 1.807) is 11.0 Å². The molecule has 0 aromatic heterocycles. The molecule has 110 valence electrons. The van der Waals surface area contributed by atoms with E-state index in [9.17, 15) is 17.6 Å². The fourth-order valence-corrected chi connectivity index (χ4v) is 2.56. The zero-order valence-electron chi connectivity index (χ0n) is 10.9. The predicted molar refractivity (Wildman–Crippen MR) is 72.1 cm³/mol. The van der Waals surface area contributed by atoms with Crippen molar-refractivity contribution in [3.05, 3.63) is 58.9 Å². The molecule has 0 saturated carbocycles.